The van der Waals surface area contributed by atoms with Crippen LogP contribution in [0.25, 0.3) is 0 Å². The average molecular weight is 3040 g/mol. The fraction of sp³-hybridized carbons (Fsp3) is 0.929. The Hall–Kier alpha value is 26.5. The summed E-state index contributed by atoms with van der Waals surface area (Å²) in [6, 6.07) is 0. The van der Waals surface area contributed by atoms with E-state index < -0.39 is 0 Å². The molecule has 0 aromatic carbocycles. The Labute approximate surface area is 1320 Å². The topological polar surface area (TPSA) is 92.2 Å². The van der Waals surface area contributed by atoms with Crippen molar-refractivity contribution in [2.45, 2.75) is 350 Å². The zero-order valence-corrected chi connectivity index (χ0v) is 97.9. The predicted octanol–water partition coefficient (Wildman–Crippen LogP) is 24.1. The zero-order valence-electron chi connectivity index (χ0n) is 68.5. The number of hydrogen-bond donors (Lipinski definition) is 3. The largest absolute Gasteiger partial charge is 1.00 e. The van der Waals surface area contributed by atoms with Gasteiger partial charge in [0, 0.05) is 818 Å². The molecule has 24 atom stereocenters. The summed E-state index contributed by atoms with van der Waals surface area (Å²) in [4.78, 5) is 0. The quantitative estimate of drug-likeness (QED) is 0.211. The van der Waals surface area contributed by atoms with Crippen LogP contribution >= 0.6 is 0 Å². The molecule has 18 aliphatic rings. The van der Waals surface area contributed by atoms with Gasteiger partial charge in [0.05, 0.1) is 6.42 Å². The average Bonchev–Trinajstić information content (AvgIpc) is 1.65. The second-order valence-corrected chi connectivity index (χ2v) is 33.7. The van der Waals surface area contributed by atoms with Gasteiger partial charge in [-0.3, -0.25) is 0 Å². The van der Waals surface area contributed by atoms with Gasteiger partial charge in [-0.05, 0) is 38.5 Å². The molecule has 0 bridgehead atoms. The normalized spacial score (nSPS) is 36.2. The third-order valence-corrected chi connectivity index (χ3v) is 30.4. The van der Waals surface area contributed by atoms with Gasteiger partial charge < -0.3 is 32.6 Å². The van der Waals surface area contributed by atoms with E-state index in [1.54, 1.807) is 38.5 Å². The van der Waals surface area contributed by atoms with E-state index in [9.17, 15) is 15.3 Å². The van der Waals surface area contributed by atoms with Crippen molar-refractivity contribution in [2.75, 3.05) is 0 Å². The van der Waals surface area contributed by atoms with Gasteiger partial charge in [-0.2, -0.15) is 55.8 Å². The Balaban J connectivity index is -0.0000000676. The Morgan fingerprint density at radius 1 is 0.188 bits per heavy atom. The molecular formula is C84H145Ar18O4W6-3. The van der Waals surface area contributed by atoms with E-state index in [0.717, 1.165) is 125 Å². The summed E-state index contributed by atoms with van der Waals surface area (Å²) in [5, 5.41) is 30.7. The molecule has 28 heteroatoms. The van der Waals surface area contributed by atoms with Gasteiger partial charge in [0.25, 0.3) is 0 Å². The third kappa shape index (κ3) is 48.9. The van der Waals surface area contributed by atoms with Crippen molar-refractivity contribution in [3.63, 3.8) is 0 Å². The van der Waals surface area contributed by atoms with Gasteiger partial charge in [-0.25, -0.2) is 0 Å². The number of rotatable bonds is 0. The molecular weight excluding hydrogens is 2900 g/mol. The maximum Gasteiger partial charge on any atom is 1.00 e. The molecule has 0 radical (unpaired) electrons. The minimum atomic E-state index is 0. The molecule has 112 heavy (non-hydrogen) atoms. The molecule has 0 spiro atoms. The van der Waals surface area contributed by atoms with Gasteiger partial charge in [0.1, 0.15) is 11.8 Å². The standard InChI is InChI=1S/2C14H23.3C13H21O.C13H21.2C2H6.18Ar.H2O.6W/c2*1-10-11-6-2-4-8-13(11)14-9-5-3-7-12(10)14;3*14-13-11-7-3-1-5-9(11)10-6-2-4-8-12(10)13;1-3-7-12-10(5-1)9-11-6-2-4-8-13(11)12;2*1-2;;;;;;;;;;;;;;;;;;;;;;;;;/h2*11-14H,2-9H2,1H3;3*9-12,14H,1-8H2;9-13H,1-8H2;2*1-2H3;;;;;;;;;;;;;;;;;;;1H2;;;;;;/q5*-1;+1;;;;;;;;;;;;;;;;;;;;;;;;;;;/p+1. The molecule has 18 fully saturated rings. The van der Waals surface area contributed by atoms with Gasteiger partial charge in [-0.15, -0.1) is 35.5 Å². The number of hydrogen-bond acceptors (Lipinski definition) is 3. The Morgan fingerprint density at radius 2 is 0.295 bits per heavy atom. The molecule has 18 rings (SSSR count). The van der Waals surface area contributed by atoms with E-state index in [-0.39, 0.29) is 813 Å². The second-order valence-electron chi connectivity index (χ2n) is 33.7. The Morgan fingerprint density at radius 3 is 0.446 bits per heavy atom. The van der Waals surface area contributed by atoms with Crippen LogP contribution in [-0.4, -0.2) is 20.8 Å². The molecule has 0 aromatic rings. The summed E-state index contributed by atoms with van der Waals surface area (Å²) in [6.07, 6.45) is 74.9. The van der Waals surface area contributed by atoms with Crippen molar-refractivity contribution in [2.24, 2.45) is 142 Å². The smallest absolute Gasteiger partial charge is 0.562 e. The van der Waals surface area contributed by atoms with E-state index >= 15 is 0 Å². The summed E-state index contributed by atoms with van der Waals surface area (Å²) >= 11 is 0. The SMILES string of the molecule is CC.CC.C[C-]1C2CCCCC2C2CCCCC12.C[C-]1C2CCCCC2C2CCCCC12.O.O[C-]1C2CCCCC2C2CCCCC12.O[C-]1C2CCCCC2C2CCCCC12.O[C-]1C2CCCCC2C2CCCCC12.[Ar].[Ar].[Ar].[Ar].[Ar].[Ar].[Ar].[Ar].[Ar].[Ar].[Ar].[Ar].[Ar].[Ar].[Ar].[Ar].[Ar].[Ar].[CH+]1C2CCCCC2C2CCCCC12.[H+].[W].[W].[W].[W].[W].[W]. The summed E-state index contributed by atoms with van der Waals surface area (Å²) in [5.41, 5.74) is 0. The maximum atomic E-state index is 10.2. The molecule has 688 valence electrons. The van der Waals surface area contributed by atoms with Crippen LogP contribution in [0.1, 0.15) is 351 Å². The molecule has 0 heterocycles. The summed E-state index contributed by atoms with van der Waals surface area (Å²) < 4.78 is 0. The maximum absolute atomic E-state index is 10.2. The monoisotopic (exact) mass is 3040 g/mol. The van der Waals surface area contributed by atoms with Crippen LogP contribution in [0, 0.1) is 858 Å². The van der Waals surface area contributed by atoms with Crippen LogP contribution in [0.2, 0.25) is 0 Å². The van der Waals surface area contributed by atoms with Crippen molar-refractivity contribution in [3.8, 4) is 0 Å². The summed E-state index contributed by atoms with van der Waals surface area (Å²) in [6.45, 7) is 13.0. The first kappa shape index (κ1) is 172. The van der Waals surface area contributed by atoms with Crippen LogP contribution in [0.4, 0.5) is 0 Å². The predicted molar refractivity (Wildman–Crippen MR) is 370 cm³/mol. The van der Waals surface area contributed by atoms with E-state index in [4.69, 9.17) is 0 Å². The van der Waals surface area contributed by atoms with Crippen molar-refractivity contribution < 1.29 is 828 Å². The first-order valence-electron chi connectivity index (χ1n) is 41.0. The minimum absolute atomic E-state index is 0. The zero-order chi connectivity index (χ0) is 60.4. The molecule has 18 aliphatic carbocycles. The number of aliphatic hydroxyl groups is 3. The van der Waals surface area contributed by atoms with Crippen LogP contribution in [-0.2, 0) is 126 Å². The molecule has 24 unspecified atom stereocenters. The minimum Gasteiger partial charge on any atom is -0.562 e. The van der Waals surface area contributed by atoms with Gasteiger partial charge in [-0.1, -0.05) is 357 Å². The third-order valence-electron chi connectivity index (χ3n) is 30.4. The fourth-order valence-electron chi connectivity index (χ4n) is 26.8. The molecule has 0 amide bonds. The Bertz CT molecular complexity index is 1670. The molecule has 0 aromatic heterocycles. The van der Waals surface area contributed by atoms with Gasteiger partial charge in [0.2, 0.25) is 0 Å². The summed E-state index contributed by atoms with van der Waals surface area (Å²) in [7, 11) is 0. The summed E-state index contributed by atoms with van der Waals surface area (Å²) in [5.74, 6) is 25.7. The number of aliphatic hydroxyl groups excluding tert-OH is 3. The van der Waals surface area contributed by atoms with Crippen molar-refractivity contribution in [3.05, 3.63) is 36.6 Å². The molecule has 5 N–H and O–H groups in total. The van der Waals surface area contributed by atoms with Crippen molar-refractivity contribution >= 4 is 0 Å². The Kier molecular flexibility index (Phi) is 149. The van der Waals surface area contributed by atoms with E-state index in [2.05, 4.69) is 20.3 Å². The van der Waals surface area contributed by atoms with E-state index in [1.165, 1.54) is 270 Å². The molecule has 0 aliphatic heterocycles. The van der Waals surface area contributed by atoms with Gasteiger partial charge in [0.15, 0.2) is 0 Å². The molecule has 4 nitrogen and oxygen atoms in total. The van der Waals surface area contributed by atoms with Crippen molar-refractivity contribution in [1.29, 1.82) is 0 Å². The number of fused-ring (bicyclic) bond motifs is 18. The fourth-order valence-corrected chi connectivity index (χ4v) is 26.8. The van der Waals surface area contributed by atoms with Crippen LogP contribution < -0.4 is 0 Å². The van der Waals surface area contributed by atoms with Crippen molar-refractivity contribution in [1.82, 2.24) is 0 Å². The first-order valence-corrected chi connectivity index (χ1v) is 41.0. The van der Waals surface area contributed by atoms with E-state index in [1.807, 2.05) is 39.5 Å². The van der Waals surface area contributed by atoms with Crippen LogP contribution in [0.5, 0.6) is 0 Å². The van der Waals surface area contributed by atoms with E-state index in [0.29, 0.717) is 35.5 Å². The second kappa shape index (κ2) is 97.0. The molecule has 18 saturated carbocycles. The van der Waals surface area contributed by atoms with Crippen LogP contribution in [0.3, 0.4) is 0 Å². The first-order chi connectivity index (χ1) is 42.8. The van der Waals surface area contributed by atoms with Crippen LogP contribution in [0.15, 0.2) is 0 Å². The van der Waals surface area contributed by atoms with Gasteiger partial charge >= 0.3 is 1.43 Å². The molecule has 0 saturated heterocycles.